The van der Waals surface area contributed by atoms with Crippen molar-refractivity contribution in [2.45, 2.75) is 18.9 Å². The van der Waals surface area contributed by atoms with E-state index in [9.17, 15) is 5.11 Å². The Bertz CT molecular complexity index is 810. The van der Waals surface area contributed by atoms with Crippen molar-refractivity contribution in [3.63, 3.8) is 0 Å². The normalized spacial score (nSPS) is 16.9. The summed E-state index contributed by atoms with van der Waals surface area (Å²) in [7, 11) is 0. The fraction of sp³-hybridized carbons (Fsp3) is 0.158. The van der Waals surface area contributed by atoms with Gasteiger partial charge in [0, 0.05) is 5.69 Å². The van der Waals surface area contributed by atoms with Crippen LogP contribution >= 0.6 is 0 Å². The predicted molar refractivity (Wildman–Crippen MR) is 86.7 cm³/mol. The third kappa shape index (κ3) is 2.13. The van der Waals surface area contributed by atoms with E-state index in [-0.39, 0.29) is 6.04 Å². The summed E-state index contributed by atoms with van der Waals surface area (Å²) in [5, 5.41) is 16.0. The van der Waals surface area contributed by atoms with Crippen molar-refractivity contribution >= 4 is 16.5 Å². The molecule has 0 heterocycles. The number of phenols is 1. The Hall–Kier alpha value is -2.48. The third-order valence-corrected chi connectivity index (χ3v) is 4.34. The van der Waals surface area contributed by atoms with Crippen LogP contribution in [0.1, 0.15) is 23.6 Å². The number of hydrogen-bond donors (Lipinski definition) is 2. The molecular weight excluding hydrogens is 258 g/mol. The van der Waals surface area contributed by atoms with Crippen molar-refractivity contribution in [1.29, 1.82) is 0 Å². The number of phenolic OH excluding ortho intramolecular Hbond substituents is 1. The number of aromatic hydroxyl groups is 1. The molecule has 2 nitrogen and oxygen atoms in total. The molecule has 0 aliphatic heterocycles. The molecule has 4 rings (SSSR count). The Labute approximate surface area is 124 Å². The van der Waals surface area contributed by atoms with E-state index in [0.717, 1.165) is 24.1 Å². The molecule has 21 heavy (non-hydrogen) atoms. The van der Waals surface area contributed by atoms with Gasteiger partial charge in [-0.1, -0.05) is 42.5 Å². The first-order valence-corrected chi connectivity index (χ1v) is 7.37. The highest BCUT2D eigenvalue weighted by atomic mass is 16.3. The molecule has 0 amide bonds. The van der Waals surface area contributed by atoms with Gasteiger partial charge in [-0.15, -0.1) is 0 Å². The van der Waals surface area contributed by atoms with Crippen molar-refractivity contribution in [2.75, 3.05) is 5.32 Å². The fourth-order valence-corrected chi connectivity index (χ4v) is 3.27. The van der Waals surface area contributed by atoms with Crippen LogP contribution in [0.3, 0.4) is 0 Å². The Kier molecular flexibility index (Phi) is 2.81. The van der Waals surface area contributed by atoms with Gasteiger partial charge in [0.15, 0.2) is 0 Å². The molecule has 2 heteroatoms. The molecule has 2 N–H and O–H groups in total. The smallest absolute Gasteiger partial charge is 0.119 e. The van der Waals surface area contributed by atoms with Gasteiger partial charge in [0.25, 0.3) is 0 Å². The highest BCUT2D eigenvalue weighted by molar-refractivity contribution is 5.85. The minimum Gasteiger partial charge on any atom is -0.508 e. The second-order valence-electron chi connectivity index (χ2n) is 5.64. The maximum atomic E-state index is 9.93. The van der Waals surface area contributed by atoms with Crippen LogP contribution in [0.25, 0.3) is 10.8 Å². The van der Waals surface area contributed by atoms with Crippen LogP contribution < -0.4 is 5.32 Å². The Balaban J connectivity index is 1.66. The van der Waals surface area contributed by atoms with Crippen molar-refractivity contribution < 1.29 is 5.11 Å². The summed E-state index contributed by atoms with van der Waals surface area (Å²) < 4.78 is 0. The molecule has 0 bridgehead atoms. The van der Waals surface area contributed by atoms with Gasteiger partial charge >= 0.3 is 0 Å². The number of benzene rings is 3. The number of rotatable bonds is 2. The topological polar surface area (TPSA) is 32.3 Å². The summed E-state index contributed by atoms with van der Waals surface area (Å²) in [5.41, 5.74) is 3.45. The van der Waals surface area contributed by atoms with Crippen LogP contribution in [0.15, 0.2) is 60.7 Å². The van der Waals surface area contributed by atoms with Gasteiger partial charge in [0.2, 0.25) is 0 Å². The zero-order chi connectivity index (χ0) is 14.2. The number of nitrogens with one attached hydrogen (secondary N) is 1. The minimum atomic E-state index is 0.285. The maximum absolute atomic E-state index is 9.93. The standard InChI is InChI=1S/C19H17NO/c21-19-7-3-6-16-17(19)10-11-18(16)20-15-9-8-13-4-1-2-5-14(13)12-15/h1-9,12,18,20-21H,10-11H2. The largest absolute Gasteiger partial charge is 0.508 e. The predicted octanol–water partition coefficient (Wildman–Crippen LogP) is 4.64. The molecule has 1 aliphatic rings. The lowest BCUT2D eigenvalue weighted by Gasteiger charge is -2.16. The number of hydrogen-bond acceptors (Lipinski definition) is 2. The maximum Gasteiger partial charge on any atom is 0.119 e. The molecular formula is C19H17NO. The number of fused-ring (bicyclic) bond motifs is 2. The van der Waals surface area contributed by atoms with Crippen molar-refractivity contribution in [3.05, 3.63) is 71.8 Å². The third-order valence-electron chi connectivity index (χ3n) is 4.34. The summed E-state index contributed by atoms with van der Waals surface area (Å²) in [6.45, 7) is 0. The molecule has 1 aliphatic carbocycles. The van der Waals surface area contributed by atoms with Crippen molar-refractivity contribution in [3.8, 4) is 5.75 Å². The van der Waals surface area contributed by atoms with Crippen molar-refractivity contribution in [1.82, 2.24) is 0 Å². The molecule has 0 aromatic heterocycles. The van der Waals surface area contributed by atoms with E-state index in [1.54, 1.807) is 6.07 Å². The minimum absolute atomic E-state index is 0.285. The van der Waals surface area contributed by atoms with Gasteiger partial charge in [0.1, 0.15) is 5.75 Å². The molecule has 0 radical (unpaired) electrons. The Morgan fingerprint density at radius 1 is 0.905 bits per heavy atom. The highest BCUT2D eigenvalue weighted by Crippen LogP contribution is 2.38. The molecule has 3 aromatic carbocycles. The molecule has 3 aromatic rings. The van der Waals surface area contributed by atoms with E-state index in [1.807, 2.05) is 6.07 Å². The molecule has 0 fully saturated rings. The van der Waals surface area contributed by atoms with Gasteiger partial charge in [-0.2, -0.15) is 0 Å². The van der Waals surface area contributed by atoms with Gasteiger partial charge in [-0.25, -0.2) is 0 Å². The van der Waals surface area contributed by atoms with Crippen LogP contribution in [0, 0.1) is 0 Å². The second-order valence-corrected chi connectivity index (χ2v) is 5.64. The molecule has 1 atom stereocenters. The lowest BCUT2D eigenvalue weighted by Crippen LogP contribution is -2.06. The Morgan fingerprint density at radius 3 is 2.67 bits per heavy atom. The van der Waals surface area contributed by atoms with E-state index in [4.69, 9.17) is 0 Å². The summed E-state index contributed by atoms with van der Waals surface area (Å²) in [4.78, 5) is 0. The summed E-state index contributed by atoms with van der Waals surface area (Å²) >= 11 is 0. The zero-order valence-corrected chi connectivity index (χ0v) is 11.7. The lowest BCUT2D eigenvalue weighted by atomic mass is 10.1. The Morgan fingerprint density at radius 2 is 1.76 bits per heavy atom. The van der Waals surface area contributed by atoms with Crippen molar-refractivity contribution in [2.24, 2.45) is 0 Å². The molecule has 0 saturated heterocycles. The first kappa shape index (κ1) is 12.3. The van der Waals surface area contributed by atoms with Crippen LogP contribution in [-0.2, 0) is 6.42 Å². The monoisotopic (exact) mass is 275 g/mol. The lowest BCUT2D eigenvalue weighted by molar-refractivity contribution is 0.469. The SMILES string of the molecule is Oc1cccc2c1CCC2Nc1ccc2ccccc2c1. The van der Waals surface area contributed by atoms with Crippen LogP contribution in [0.5, 0.6) is 5.75 Å². The first-order valence-electron chi connectivity index (χ1n) is 7.37. The average Bonchev–Trinajstić information content (AvgIpc) is 2.92. The zero-order valence-electron chi connectivity index (χ0n) is 11.7. The van der Waals surface area contributed by atoms with Crippen LogP contribution in [0.2, 0.25) is 0 Å². The van der Waals surface area contributed by atoms with Crippen LogP contribution in [0.4, 0.5) is 5.69 Å². The van der Waals surface area contributed by atoms with Gasteiger partial charge in [0.05, 0.1) is 6.04 Å². The molecule has 1 unspecified atom stereocenters. The van der Waals surface area contributed by atoms with E-state index in [1.165, 1.54) is 16.3 Å². The molecule has 104 valence electrons. The fourth-order valence-electron chi connectivity index (χ4n) is 3.27. The molecule has 0 saturated carbocycles. The van der Waals surface area contributed by atoms with E-state index >= 15 is 0 Å². The number of anilines is 1. The van der Waals surface area contributed by atoms with E-state index in [0.29, 0.717) is 5.75 Å². The first-order chi connectivity index (χ1) is 10.3. The summed E-state index contributed by atoms with van der Waals surface area (Å²) in [5.74, 6) is 0.426. The summed E-state index contributed by atoms with van der Waals surface area (Å²) in [6.07, 6.45) is 1.97. The van der Waals surface area contributed by atoms with Crippen LogP contribution in [-0.4, -0.2) is 5.11 Å². The van der Waals surface area contributed by atoms with E-state index < -0.39 is 0 Å². The summed E-state index contributed by atoms with van der Waals surface area (Å²) in [6, 6.07) is 21.0. The van der Waals surface area contributed by atoms with Gasteiger partial charge in [-0.3, -0.25) is 0 Å². The quantitative estimate of drug-likeness (QED) is 0.713. The highest BCUT2D eigenvalue weighted by Gasteiger charge is 2.24. The molecule has 0 spiro atoms. The second kappa shape index (κ2) is 4.81. The average molecular weight is 275 g/mol. The van der Waals surface area contributed by atoms with Gasteiger partial charge in [-0.05, 0) is 52.9 Å². The van der Waals surface area contributed by atoms with Gasteiger partial charge < -0.3 is 10.4 Å². The van der Waals surface area contributed by atoms with E-state index in [2.05, 4.69) is 53.8 Å².